The first kappa shape index (κ1) is 27.8. The van der Waals surface area contributed by atoms with Crippen LogP contribution in [0.5, 0.6) is 0 Å². The SMILES string of the molecule is CCCCCCCCCCCCOC(=O)C(OCC)(OCC)C(OCC)C(=O)[O-]. The van der Waals surface area contributed by atoms with Gasteiger partial charge in [-0.15, -0.1) is 0 Å². The lowest BCUT2D eigenvalue weighted by Crippen LogP contribution is -2.62. The van der Waals surface area contributed by atoms with Crippen LogP contribution in [0.3, 0.4) is 0 Å². The van der Waals surface area contributed by atoms with Crippen molar-refractivity contribution in [2.24, 2.45) is 0 Å². The average molecular weight is 418 g/mol. The van der Waals surface area contributed by atoms with Gasteiger partial charge in [0.25, 0.3) is 0 Å². The van der Waals surface area contributed by atoms with E-state index in [2.05, 4.69) is 6.92 Å². The van der Waals surface area contributed by atoms with Crippen molar-refractivity contribution in [3.8, 4) is 0 Å². The van der Waals surface area contributed by atoms with E-state index in [0.717, 1.165) is 12.8 Å². The molecule has 0 heterocycles. The fraction of sp³-hybridized carbons (Fsp3) is 0.909. The lowest BCUT2D eigenvalue weighted by molar-refractivity contribution is -0.345. The average Bonchev–Trinajstić information content (AvgIpc) is 2.69. The minimum atomic E-state index is -2.16. The molecule has 172 valence electrons. The lowest BCUT2D eigenvalue weighted by atomic mass is 10.1. The summed E-state index contributed by atoms with van der Waals surface area (Å²) in [6.45, 7) is 7.48. The molecule has 0 saturated heterocycles. The van der Waals surface area contributed by atoms with Gasteiger partial charge in [-0.3, -0.25) is 0 Å². The summed E-state index contributed by atoms with van der Waals surface area (Å²) in [5.41, 5.74) is 0. The Morgan fingerprint density at radius 1 is 0.759 bits per heavy atom. The molecule has 0 aromatic heterocycles. The van der Waals surface area contributed by atoms with Crippen molar-refractivity contribution in [1.82, 2.24) is 0 Å². The van der Waals surface area contributed by atoms with E-state index in [-0.39, 0.29) is 26.4 Å². The second kappa shape index (κ2) is 17.7. The molecule has 0 aliphatic heterocycles. The number of aliphatic carboxylic acids is 1. The second-order valence-electron chi connectivity index (χ2n) is 7.01. The summed E-state index contributed by atoms with van der Waals surface area (Å²) in [5, 5.41) is 11.5. The van der Waals surface area contributed by atoms with Gasteiger partial charge in [-0.25, -0.2) is 4.79 Å². The number of esters is 1. The van der Waals surface area contributed by atoms with Gasteiger partial charge < -0.3 is 28.8 Å². The monoisotopic (exact) mass is 417 g/mol. The van der Waals surface area contributed by atoms with Gasteiger partial charge in [-0.1, -0.05) is 64.7 Å². The van der Waals surface area contributed by atoms with Crippen molar-refractivity contribution in [1.29, 1.82) is 0 Å². The molecule has 0 aliphatic rings. The summed E-state index contributed by atoms with van der Waals surface area (Å²) in [6, 6.07) is 0. The normalized spacial score (nSPS) is 12.7. The van der Waals surface area contributed by atoms with E-state index in [4.69, 9.17) is 18.9 Å². The van der Waals surface area contributed by atoms with Crippen LogP contribution in [0.4, 0.5) is 0 Å². The smallest absolute Gasteiger partial charge is 0.370 e. The van der Waals surface area contributed by atoms with E-state index in [0.29, 0.717) is 6.42 Å². The Hall–Kier alpha value is -1.18. The minimum Gasteiger partial charge on any atom is -0.547 e. The van der Waals surface area contributed by atoms with Gasteiger partial charge >= 0.3 is 11.8 Å². The van der Waals surface area contributed by atoms with Crippen molar-refractivity contribution in [3.63, 3.8) is 0 Å². The number of ether oxygens (including phenoxy) is 4. The van der Waals surface area contributed by atoms with Gasteiger partial charge in [0.15, 0.2) is 6.10 Å². The summed E-state index contributed by atoms with van der Waals surface area (Å²) in [5.74, 6) is -4.62. The maximum Gasteiger partial charge on any atom is 0.370 e. The van der Waals surface area contributed by atoms with Gasteiger partial charge in [0.1, 0.15) is 0 Å². The zero-order chi connectivity index (χ0) is 22.0. The first-order valence-corrected chi connectivity index (χ1v) is 11.3. The van der Waals surface area contributed by atoms with Crippen LogP contribution in [-0.4, -0.2) is 50.3 Å². The van der Waals surface area contributed by atoms with Crippen LogP contribution in [-0.2, 0) is 28.5 Å². The van der Waals surface area contributed by atoms with E-state index in [1.807, 2.05) is 0 Å². The van der Waals surface area contributed by atoms with Gasteiger partial charge in [0.05, 0.1) is 12.6 Å². The molecule has 0 aromatic rings. The Bertz CT molecular complexity index is 419. The van der Waals surface area contributed by atoms with Crippen LogP contribution in [0.2, 0.25) is 0 Å². The third kappa shape index (κ3) is 11.0. The van der Waals surface area contributed by atoms with Crippen molar-refractivity contribution >= 4 is 11.9 Å². The molecule has 0 saturated carbocycles. The minimum absolute atomic E-state index is 0.0597. The molecule has 7 nitrogen and oxygen atoms in total. The van der Waals surface area contributed by atoms with Crippen LogP contribution in [0, 0.1) is 0 Å². The Kier molecular flexibility index (Phi) is 16.9. The molecule has 0 spiro atoms. The predicted octanol–water partition coefficient (Wildman–Crippen LogP) is 3.37. The van der Waals surface area contributed by atoms with Crippen LogP contribution < -0.4 is 5.11 Å². The second-order valence-corrected chi connectivity index (χ2v) is 7.01. The first-order valence-electron chi connectivity index (χ1n) is 11.3. The number of hydrogen-bond acceptors (Lipinski definition) is 7. The van der Waals surface area contributed by atoms with Crippen LogP contribution >= 0.6 is 0 Å². The molecule has 0 aromatic carbocycles. The summed E-state index contributed by atoms with van der Waals surface area (Å²) >= 11 is 0. The maximum atomic E-state index is 12.7. The molecule has 0 amide bonds. The maximum absolute atomic E-state index is 12.7. The third-order valence-electron chi connectivity index (χ3n) is 4.63. The van der Waals surface area contributed by atoms with E-state index in [1.165, 1.54) is 44.9 Å². The number of unbranched alkanes of at least 4 members (excludes halogenated alkanes) is 9. The number of carbonyl (C=O) groups is 2. The predicted molar refractivity (Wildman–Crippen MR) is 109 cm³/mol. The number of carbonyl (C=O) groups excluding carboxylic acids is 2. The summed E-state index contributed by atoms with van der Waals surface area (Å²) in [4.78, 5) is 24.2. The Labute approximate surface area is 176 Å². The fourth-order valence-electron chi connectivity index (χ4n) is 3.20. The molecule has 0 aliphatic carbocycles. The molecule has 1 unspecified atom stereocenters. The topological polar surface area (TPSA) is 94.1 Å². The molecular formula is C22H41O7-. The largest absolute Gasteiger partial charge is 0.547 e. The number of carboxylic acid groups (broad SMARTS) is 1. The standard InChI is InChI=1S/C22H42O7/c1-5-9-10-11-12-13-14-15-16-17-18-27-21(25)22(28-7-3,29-8-4)19(20(23)24)26-6-2/h19H,5-18H2,1-4H3,(H,23,24)/p-1. The molecule has 29 heavy (non-hydrogen) atoms. The number of carboxylic acids is 1. The highest BCUT2D eigenvalue weighted by molar-refractivity contribution is 5.86. The summed E-state index contributed by atoms with van der Waals surface area (Å²) < 4.78 is 21.3. The molecule has 0 rings (SSSR count). The van der Waals surface area contributed by atoms with Crippen molar-refractivity contribution in [2.45, 2.75) is 104 Å². The van der Waals surface area contributed by atoms with E-state index in [1.54, 1.807) is 20.8 Å². The zero-order valence-corrected chi connectivity index (χ0v) is 18.8. The van der Waals surface area contributed by atoms with E-state index < -0.39 is 23.8 Å². The summed E-state index contributed by atoms with van der Waals surface area (Å²) in [6.07, 6.45) is 9.96. The van der Waals surface area contributed by atoms with Gasteiger partial charge in [-0.05, 0) is 27.2 Å². The lowest BCUT2D eigenvalue weighted by Gasteiger charge is -2.37. The highest BCUT2D eigenvalue weighted by atomic mass is 16.7. The fourth-order valence-corrected chi connectivity index (χ4v) is 3.20. The van der Waals surface area contributed by atoms with Crippen molar-refractivity contribution in [3.05, 3.63) is 0 Å². The summed E-state index contributed by atoms with van der Waals surface area (Å²) in [7, 11) is 0. The molecule has 1 atom stereocenters. The molecule has 0 radical (unpaired) electrons. The molecule has 0 fully saturated rings. The zero-order valence-electron chi connectivity index (χ0n) is 18.8. The van der Waals surface area contributed by atoms with Crippen molar-refractivity contribution < 1.29 is 33.6 Å². The molecule has 0 bridgehead atoms. The Morgan fingerprint density at radius 2 is 1.24 bits per heavy atom. The number of hydrogen-bond donors (Lipinski definition) is 0. The highest BCUT2D eigenvalue weighted by Gasteiger charge is 2.51. The van der Waals surface area contributed by atoms with Gasteiger partial charge in [0.2, 0.25) is 0 Å². The third-order valence-corrected chi connectivity index (χ3v) is 4.63. The van der Waals surface area contributed by atoms with Gasteiger partial charge in [-0.2, -0.15) is 0 Å². The van der Waals surface area contributed by atoms with Crippen LogP contribution in [0.15, 0.2) is 0 Å². The highest BCUT2D eigenvalue weighted by Crippen LogP contribution is 2.24. The van der Waals surface area contributed by atoms with E-state index >= 15 is 0 Å². The molecule has 0 N–H and O–H groups in total. The van der Waals surface area contributed by atoms with Crippen LogP contribution in [0.25, 0.3) is 0 Å². The Morgan fingerprint density at radius 3 is 1.66 bits per heavy atom. The Balaban J connectivity index is 4.44. The van der Waals surface area contributed by atoms with Crippen LogP contribution in [0.1, 0.15) is 91.9 Å². The van der Waals surface area contributed by atoms with Gasteiger partial charge in [0, 0.05) is 19.8 Å². The molecular weight excluding hydrogens is 376 g/mol. The molecule has 7 heteroatoms. The van der Waals surface area contributed by atoms with E-state index in [9.17, 15) is 14.7 Å². The first-order chi connectivity index (χ1) is 14.0. The quantitative estimate of drug-likeness (QED) is 0.170. The number of rotatable bonds is 20. The van der Waals surface area contributed by atoms with Crippen molar-refractivity contribution in [2.75, 3.05) is 26.4 Å².